The number of hydrogen-bond donors (Lipinski definition) is 2. The second kappa shape index (κ2) is 7.85. The number of thiophene rings is 1. The lowest BCUT2D eigenvalue weighted by Crippen LogP contribution is -2.36. The lowest BCUT2D eigenvalue weighted by Gasteiger charge is -2.27. The van der Waals surface area contributed by atoms with E-state index in [9.17, 15) is 9.59 Å². The van der Waals surface area contributed by atoms with E-state index in [-0.39, 0.29) is 17.5 Å². The first-order valence-corrected chi connectivity index (χ1v) is 11.4. The number of nitrogens with two attached hydrogens (primary N) is 1. The topological polar surface area (TPSA) is 93.2 Å². The Labute approximate surface area is 178 Å². The van der Waals surface area contributed by atoms with Crippen molar-refractivity contribution in [2.45, 2.75) is 51.1 Å². The fraction of sp³-hybridized carbons (Fsp3) is 0.409. The number of nitrogen functional groups attached to an aromatic ring is 1. The Bertz CT molecular complexity index is 1150. The quantitative estimate of drug-likeness (QED) is 0.497. The zero-order valence-corrected chi connectivity index (χ0v) is 17.6. The maximum absolute atomic E-state index is 13.5. The van der Waals surface area contributed by atoms with Gasteiger partial charge in [0.2, 0.25) is 5.95 Å². The molecule has 1 fully saturated rings. The number of nitrogens with one attached hydrogen (secondary N) is 1. The minimum absolute atomic E-state index is 0.000172. The van der Waals surface area contributed by atoms with Gasteiger partial charge in [0.25, 0.3) is 11.5 Å². The summed E-state index contributed by atoms with van der Waals surface area (Å²) in [7, 11) is 0. The third-order valence-electron chi connectivity index (χ3n) is 6.28. The molecular formula is C22H25N5O2S. The van der Waals surface area contributed by atoms with Gasteiger partial charge >= 0.3 is 0 Å². The Morgan fingerprint density at radius 2 is 1.93 bits per heavy atom. The number of benzene rings is 1. The molecule has 1 aliphatic heterocycles. The minimum Gasteiger partial charge on any atom is -0.333 e. The molecule has 3 aromatic rings. The van der Waals surface area contributed by atoms with Crippen LogP contribution in [0.25, 0.3) is 10.2 Å². The molecule has 0 radical (unpaired) electrons. The number of anilines is 1. The zero-order valence-electron chi connectivity index (χ0n) is 16.8. The molecule has 0 atom stereocenters. The molecule has 1 saturated carbocycles. The van der Waals surface area contributed by atoms with Crippen molar-refractivity contribution in [3.63, 3.8) is 0 Å². The van der Waals surface area contributed by atoms with Gasteiger partial charge in [-0.2, -0.15) is 0 Å². The highest BCUT2D eigenvalue weighted by molar-refractivity contribution is 7.18. The summed E-state index contributed by atoms with van der Waals surface area (Å²) < 4.78 is 1.77. The number of carbonyl (C=O) groups is 1. The molecule has 1 aromatic carbocycles. The smallest absolute Gasteiger partial charge is 0.264 e. The summed E-state index contributed by atoms with van der Waals surface area (Å²) >= 11 is 1.50. The highest BCUT2D eigenvalue weighted by Crippen LogP contribution is 2.35. The highest BCUT2D eigenvalue weighted by atomic mass is 32.1. The van der Waals surface area contributed by atoms with E-state index in [2.05, 4.69) is 5.43 Å². The van der Waals surface area contributed by atoms with E-state index in [4.69, 9.17) is 10.8 Å². The number of nitrogens with zero attached hydrogens (tertiary/aromatic N) is 3. The van der Waals surface area contributed by atoms with Crippen molar-refractivity contribution in [2.24, 2.45) is 5.84 Å². The molecule has 0 saturated heterocycles. The second-order valence-corrected chi connectivity index (χ2v) is 9.16. The molecule has 3 N–H and O–H groups in total. The lowest BCUT2D eigenvalue weighted by atomic mass is 9.95. The monoisotopic (exact) mass is 423 g/mol. The van der Waals surface area contributed by atoms with Crippen LogP contribution in [0.15, 0.2) is 35.1 Å². The van der Waals surface area contributed by atoms with Crippen molar-refractivity contribution in [3.05, 3.63) is 56.7 Å². The summed E-state index contributed by atoms with van der Waals surface area (Å²) in [5.74, 6) is 6.21. The van der Waals surface area contributed by atoms with Gasteiger partial charge < -0.3 is 4.90 Å². The summed E-state index contributed by atoms with van der Waals surface area (Å²) in [5, 5.41) is 0.714. The minimum atomic E-state index is 0.000172. The molecule has 1 amide bonds. The van der Waals surface area contributed by atoms with Gasteiger partial charge in [-0.05, 0) is 37.0 Å². The van der Waals surface area contributed by atoms with Crippen LogP contribution in [0.2, 0.25) is 0 Å². The van der Waals surface area contributed by atoms with Gasteiger partial charge in [-0.1, -0.05) is 37.5 Å². The van der Waals surface area contributed by atoms with Crippen molar-refractivity contribution in [2.75, 3.05) is 12.0 Å². The number of amides is 1. The number of carbonyl (C=O) groups excluding carboxylic acids is 1. The SMILES string of the molecule is NNc1nc2sc3c(c2c(=O)n1C1CCCCC1)CCN(C(=O)c1ccccc1)C3. The van der Waals surface area contributed by atoms with Crippen LogP contribution in [0.4, 0.5) is 5.95 Å². The van der Waals surface area contributed by atoms with E-state index in [0.717, 1.165) is 36.1 Å². The Morgan fingerprint density at radius 1 is 1.17 bits per heavy atom. The van der Waals surface area contributed by atoms with Crippen molar-refractivity contribution < 1.29 is 4.79 Å². The van der Waals surface area contributed by atoms with Crippen molar-refractivity contribution in [1.82, 2.24) is 14.5 Å². The summed E-state index contributed by atoms with van der Waals surface area (Å²) in [5.41, 5.74) is 4.39. The molecule has 3 heterocycles. The average molecular weight is 424 g/mol. The molecule has 0 unspecified atom stereocenters. The van der Waals surface area contributed by atoms with Crippen molar-refractivity contribution >= 4 is 33.4 Å². The lowest BCUT2D eigenvalue weighted by molar-refractivity contribution is 0.0737. The molecule has 0 bridgehead atoms. The van der Waals surface area contributed by atoms with Crippen molar-refractivity contribution in [1.29, 1.82) is 0 Å². The molecule has 2 aliphatic rings. The standard InChI is InChI=1S/C22H25N5O2S/c23-25-22-24-19-18(21(29)27(22)15-9-5-2-6-10-15)16-11-12-26(13-17(16)30-19)20(28)14-7-3-1-4-8-14/h1,3-4,7-8,15H,2,5-6,9-13,23H2,(H,24,25). The van der Waals surface area contributed by atoms with Crippen LogP contribution in [0, 0.1) is 0 Å². The van der Waals surface area contributed by atoms with Gasteiger partial charge in [0, 0.05) is 23.0 Å². The predicted octanol–water partition coefficient (Wildman–Crippen LogP) is 3.45. The Morgan fingerprint density at radius 3 is 2.67 bits per heavy atom. The normalized spacial score (nSPS) is 17.2. The molecule has 1 aliphatic carbocycles. The molecule has 8 heteroatoms. The van der Waals surface area contributed by atoms with E-state index in [1.165, 1.54) is 17.8 Å². The Hall–Kier alpha value is -2.71. The molecule has 2 aromatic heterocycles. The van der Waals surface area contributed by atoms with Crippen LogP contribution in [0.3, 0.4) is 0 Å². The fourth-order valence-electron chi connectivity index (χ4n) is 4.77. The summed E-state index contributed by atoms with van der Waals surface area (Å²) in [4.78, 5) is 34.7. The van der Waals surface area contributed by atoms with E-state index in [0.29, 0.717) is 41.2 Å². The predicted molar refractivity (Wildman–Crippen MR) is 119 cm³/mol. The first-order chi connectivity index (χ1) is 14.7. The van der Waals surface area contributed by atoms with E-state index >= 15 is 0 Å². The van der Waals surface area contributed by atoms with Gasteiger partial charge in [-0.25, -0.2) is 10.8 Å². The number of hydrogen-bond acceptors (Lipinski definition) is 6. The van der Waals surface area contributed by atoms with Gasteiger partial charge in [0.1, 0.15) is 4.83 Å². The maximum Gasteiger partial charge on any atom is 0.264 e. The van der Waals surface area contributed by atoms with Gasteiger partial charge in [-0.3, -0.25) is 19.6 Å². The Kier molecular flexibility index (Phi) is 5.04. The number of rotatable bonds is 3. The maximum atomic E-state index is 13.5. The first-order valence-electron chi connectivity index (χ1n) is 10.5. The molecule has 5 rings (SSSR count). The third-order valence-corrected chi connectivity index (χ3v) is 7.39. The fourth-order valence-corrected chi connectivity index (χ4v) is 6.00. The van der Waals surface area contributed by atoms with E-state index < -0.39 is 0 Å². The van der Waals surface area contributed by atoms with Gasteiger partial charge in [0.05, 0.1) is 11.9 Å². The average Bonchev–Trinajstić information content (AvgIpc) is 3.17. The van der Waals surface area contributed by atoms with E-state index in [1.54, 1.807) is 4.57 Å². The van der Waals surface area contributed by atoms with Gasteiger partial charge in [0.15, 0.2) is 0 Å². The highest BCUT2D eigenvalue weighted by Gasteiger charge is 2.29. The largest absolute Gasteiger partial charge is 0.333 e. The molecule has 30 heavy (non-hydrogen) atoms. The zero-order chi connectivity index (χ0) is 20.7. The summed E-state index contributed by atoms with van der Waals surface area (Å²) in [6.07, 6.45) is 6.09. The van der Waals surface area contributed by atoms with Crippen LogP contribution in [-0.2, 0) is 13.0 Å². The second-order valence-electron chi connectivity index (χ2n) is 8.07. The van der Waals surface area contributed by atoms with Crippen molar-refractivity contribution in [3.8, 4) is 0 Å². The molecular weight excluding hydrogens is 398 g/mol. The molecule has 156 valence electrons. The van der Waals surface area contributed by atoms with Gasteiger partial charge in [-0.15, -0.1) is 11.3 Å². The third kappa shape index (κ3) is 3.20. The number of hydrazine groups is 1. The van der Waals surface area contributed by atoms with Crippen LogP contribution in [0.5, 0.6) is 0 Å². The van der Waals surface area contributed by atoms with Crippen LogP contribution in [-0.4, -0.2) is 26.9 Å². The van der Waals surface area contributed by atoms with Crippen LogP contribution < -0.4 is 16.8 Å². The number of fused-ring (bicyclic) bond motifs is 3. The summed E-state index contributed by atoms with van der Waals surface area (Å²) in [6.45, 7) is 1.12. The molecule has 0 spiro atoms. The summed E-state index contributed by atoms with van der Waals surface area (Å²) in [6, 6.07) is 9.48. The van der Waals surface area contributed by atoms with E-state index in [1.807, 2.05) is 35.2 Å². The number of aromatic nitrogens is 2. The first kappa shape index (κ1) is 19.3. The van der Waals surface area contributed by atoms with Crippen LogP contribution in [0.1, 0.15) is 58.9 Å². The Balaban J connectivity index is 1.54. The molecule has 7 nitrogen and oxygen atoms in total. The van der Waals surface area contributed by atoms with Crippen LogP contribution >= 0.6 is 11.3 Å².